The molecule has 0 aliphatic heterocycles. The molecule has 0 nitrogen and oxygen atoms in total. The van der Waals surface area contributed by atoms with Gasteiger partial charge in [-0.2, -0.15) is 0 Å². The molecule has 0 N–H and O–H groups in total. The summed E-state index contributed by atoms with van der Waals surface area (Å²) >= 11 is 11.8. The molecule has 0 aromatic rings. The fraction of sp³-hybridized carbons (Fsp3) is 1.00. The summed E-state index contributed by atoms with van der Waals surface area (Å²) in [6.45, 7) is 0. The summed E-state index contributed by atoms with van der Waals surface area (Å²) in [6, 6.07) is 0. The molecular formula is CH2Cl3FePd. The van der Waals surface area contributed by atoms with Gasteiger partial charge in [-0.05, 0) is 0 Å². The zero-order valence-corrected chi connectivity index (χ0v) is 7.44. The maximum Gasteiger partial charge on any atom is 0 e. The van der Waals surface area contributed by atoms with Crippen LogP contribution >= 0.6 is 32.7 Å². The largest absolute Gasteiger partial charge is 0 e. The van der Waals surface area contributed by atoms with Crippen molar-refractivity contribution in [2.75, 3.05) is 5.34 Å². The van der Waals surface area contributed by atoms with Gasteiger partial charge < -0.3 is 0 Å². The van der Waals surface area contributed by atoms with Crippen molar-refractivity contribution in [3.8, 4) is 0 Å². The van der Waals surface area contributed by atoms with Crippen LogP contribution in [0.15, 0.2) is 0 Å². The molecule has 0 fully saturated rings. The third-order valence-electron chi connectivity index (χ3n) is 0. The molecule has 6 heavy (non-hydrogen) atoms. The second-order valence-corrected chi connectivity index (χ2v) is 0.909. The zero-order chi connectivity index (χ0) is 4.71. The summed E-state index contributed by atoms with van der Waals surface area (Å²) in [5.41, 5.74) is 0. The third kappa shape index (κ3) is 36.7. The summed E-state index contributed by atoms with van der Waals surface area (Å²) in [7, 11) is 4.49. The molecule has 0 aliphatic carbocycles. The fourth-order valence-corrected chi connectivity index (χ4v) is 0. The van der Waals surface area contributed by atoms with Gasteiger partial charge in [0, 0.05) is 17.1 Å². The van der Waals surface area contributed by atoms with Crippen molar-refractivity contribution in [1.29, 1.82) is 0 Å². The molecule has 0 unspecified atom stereocenters. The Hall–Kier alpha value is 2.05. The quantitative estimate of drug-likeness (QED) is 0.471. The van der Waals surface area contributed by atoms with Crippen LogP contribution in [-0.2, 0) is 35.2 Å². The summed E-state index contributed by atoms with van der Waals surface area (Å²) in [5.74, 6) is 0. The van der Waals surface area contributed by atoms with Crippen molar-refractivity contribution in [3.63, 3.8) is 0 Å². The Labute approximate surface area is 72.8 Å². The first kappa shape index (κ1) is 15.7. The number of rotatable bonds is 0. The molecule has 0 saturated carbocycles. The normalized spacial score (nSPS) is 4.17. The van der Waals surface area contributed by atoms with Gasteiger partial charge >= 0.3 is 27.7 Å². The van der Waals surface area contributed by atoms with Crippen molar-refractivity contribution in [2.24, 2.45) is 0 Å². The van der Waals surface area contributed by atoms with Gasteiger partial charge in [-0.1, -0.05) is 0 Å². The molecule has 0 amide bonds. The van der Waals surface area contributed by atoms with Crippen molar-refractivity contribution in [2.45, 2.75) is 0 Å². The van der Waals surface area contributed by atoms with Crippen LogP contribution in [0.25, 0.3) is 0 Å². The fourth-order valence-electron chi connectivity index (χ4n) is 0. The summed E-state index contributed by atoms with van der Waals surface area (Å²) in [6.07, 6.45) is 0. The zero-order valence-electron chi connectivity index (χ0n) is 2.51. The number of alkyl halides is 2. The van der Waals surface area contributed by atoms with E-state index >= 15 is 0 Å². The molecule has 0 aromatic heterocycles. The summed E-state index contributed by atoms with van der Waals surface area (Å²) < 4.78 is 0. The predicted molar refractivity (Wildman–Crippen MR) is 22.4 cm³/mol. The Balaban J connectivity index is -0.0000000275. The maximum atomic E-state index is 4.76. The maximum absolute atomic E-state index is 4.76. The Morgan fingerprint density at radius 3 is 1.17 bits per heavy atom. The molecule has 0 heterocycles. The van der Waals surface area contributed by atoms with Crippen molar-refractivity contribution < 1.29 is 35.2 Å². The SMILES string of the molecule is ClCCl.[Cl][Pd].[Fe]. The smallest absolute Gasteiger partial charge is 0 e. The molecule has 0 radical (unpaired) electrons. The molecule has 0 rings (SSSR count). The Morgan fingerprint density at radius 2 is 1.17 bits per heavy atom. The van der Waals surface area contributed by atoms with Crippen LogP contribution in [0.2, 0.25) is 0 Å². The van der Waals surface area contributed by atoms with E-state index in [9.17, 15) is 0 Å². The van der Waals surface area contributed by atoms with Crippen LogP contribution in [0.4, 0.5) is 0 Å². The third-order valence-corrected chi connectivity index (χ3v) is 0. The predicted octanol–water partition coefficient (Wildman–Crippen LogP) is 2.11. The first-order chi connectivity index (χ1) is 2.41. The topological polar surface area (TPSA) is 0 Å². The average Bonchev–Trinajstić information content (AvgIpc) is 1.46. The molecule has 0 atom stereocenters. The first-order valence-corrected chi connectivity index (χ1v) is 3.72. The summed E-state index contributed by atoms with van der Waals surface area (Å²) in [4.78, 5) is 0. The van der Waals surface area contributed by atoms with E-state index in [1.807, 2.05) is 0 Å². The minimum absolute atomic E-state index is 0. The second-order valence-electron chi connectivity index (χ2n) is 0.101. The Bertz CT molecular complexity index is 10.8. The molecule has 45 valence electrons. The summed E-state index contributed by atoms with van der Waals surface area (Å²) in [5, 5.41) is 0.194. The number of halogens is 3. The van der Waals surface area contributed by atoms with E-state index in [-0.39, 0.29) is 22.4 Å². The average molecular weight is 283 g/mol. The van der Waals surface area contributed by atoms with Crippen LogP contribution in [0.3, 0.4) is 0 Å². The van der Waals surface area contributed by atoms with Gasteiger partial charge in [0.05, 0.1) is 5.34 Å². The van der Waals surface area contributed by atoms with Gasteiger partial charge in [-0.15, -0.1) is 23.2 Å². The van der Waals surface area contributed by atoms with E-state index in [0.717, 1.165) is 0 Å². The molecule has 0 spiro atoms. The van der Waals surface area contributed by atoms with E-state index < -0.39 is 0 Å². The van der Waals surface area contributed by atoms with Gasteiger partial charge in [-0.25, -0.2) is 0 Å². The molecule has 0 aromatic carbocycles. The van der Waals surface area contributed by atoms with Crippen LogP contribution in [0.5, 0.6) is 0 Å². The Morgan fingerprint density at radius 1 is 1.17 bits per heavy atom. The van der Waals surface area contributed by atoms with Crippen molar-refractivity contribution in [1.82, 2.24) is 0 Å². The van der Waals surface area contributed by atoms with Crippen LogP contribution in [0.1, 0.15) is 0 Å². The van der Waals surface area contributed by atoms with E-state index in [1.165, 1.54) is 0 Å². The van der Waals surface area contributed by atoms with Crippen LogP contribution < -0.4 is 0 Å². The molecule has 0 aliphatic rings. The number of hydrogen-bond donors (Lipinski definition) is 0. The van der Waals surface area contributed by atoms with Crippen molar-refractivity contribution in [3.05, 3.63) is 0 Å². The Kier molecular flexibility index (Phi) is 72.5. The van der Waals surface area contributed by atoms with E-state index in [4.69, 9.17) is 23.2 Å². The molecule has 0 saturated heterocycles. The van der Waals surface area contributed by atoms with Gasteiger partial charge in [-0.3, -0.25) is 0 Å². The minimum Gasteiger partial charge on any atom is 0 e. The van der Waals surface area contributed by atoms with E-state index in [1.54, 1.807) is 0 Å². The van der Waals surface area contributed by atoms with Crippen molar-refractivity contribution >= 4 is 32.7 Å². The molecule has 5 heteroatoms. The minimum atomic E-state index is 0. The molecule has 0 bridgehead atoms. The van der Waals surface area contributed by atoms with Gasteiger partial charge in [0.1, 0.15) is 0 Å². The van der Waals surface area contributed by atoms with Crippen LogP contribution in [-0.4, -0.2) is 5.34 Å². The molecular weight excluding hydrogens is 281 g/mol. The first-order valence-electron chi connectivity index (χ1n) is 0.654. The van der Waals surface area contributed by atoms with Gasteiger partial charge in [0.25, 0.3) is 0 Å². The van der Waals surface area contributed by atoms with Gasteiger partial charge in [0.15, 0.2) is 0 Å². The van der Waals surface area contributed by atoms with E-state index in [0.29, 0.717) is 0 Å². The standard InChI is InChI=1S/CH2Cl2.ClH.Fe.Pd/c2-1-3;;;/h1H2;1H;;/q;;;+1/p-1. The van der Waals surface area contributed by atoms with Crippen LogP contribution in [0, 0.1) is 0 Å². The monoisotopic (exact) mass is 281 g/mol. The second kappa shape index (κ2) is 27.7. The van der Waals surface area contributed by atoms with E-state index in [2.05, 4.69) is 27.7 Å². The number of hydrogen-bond acceptors (Lipinski definition) is 0. The van der Waals surface area contributed by atoms with Gasteiger partial charge in [0.2, 0.25) is 0 Å².